The monoisotopic (exact) mass is 850 g/mol. The summed E-state index contributed by atoms with van der Waals surface area (Å²) < 4.78 is 34.7. The standard InChI is InChI=1S/C44H52F2N12O4/c1-44(2)16-19-55(27-44)35-15-18-56-40(49-35)31(24-47-56)41(60)48-32-26-57(51-37(32)39(45)46)30-11-9-28(10-12-30)25-54-22-20-53(21-23-54)17-5-7-29-6-4-8-33-38(29)52(3)43(62)58(33)34-13-14-36(59)50-42(34)61/h4,6,8,15,18,24,26,28,30,34,39H,9-14,16-17,19-23,25,27H2,1-3H3,(H,48,60)(H,50,59,61). The van der Waals surface area contributed by atoms with Crippen LogP contribution < -0.4 is 21.2 Å². The topological polar surface area (TPSA) is 160 Å². The van der Waals surface area contributed by atoms with E-state index in [0.717, 1.165) is 83.7 Å². The molecule has 16 nitrogen and oxygen atoms in total. The molecule has 62 heavy (non-hydrogen) atoms. The minimum absolute atomic E-state index is 0.00183. The maximum absolute atomic E-state index is 14.3. The summed E-state index contributed by atoms with van der Waals surface area (Å²) in [5.41, 5.74) is 1.96. The zero-order valence-corrected chi connectivity index (χ0v) is 35.3. The third-order valence-electron chi connectivity index (χ3n) is 13.1. The number of imide groups is 1. The van der Waals surface area contributed by atoms with Crippen LogP contribution in [0.1, 0.15) is 98.9 Å². The predicted molar refractivity (Wildman–Crippen MR) is 228 cm³/mol. The number of fused-ring (bicyclic) bond motifs is 2. The van der Waals surface area contributed by atoms with Crippen molar-refractivity contribution >= 4 is 45.9 Å². The second-order valence-corrected chi connectivity index (χ2v) is 18.0. The number of rotatable bonds is 9. The zero-order valence-electron chi connectivity index (χ0n) is 35.3. The van der Waals surface area contributed by atoms with E-state index in [1.54, 1.807) is 24.1 Å². The van der Waals surface area contributed by atoms with E-state index in [2.05, 4.69) is 61.2 Å². The van der Waals surface area contributed by atoms with Gasteiger partial charge in [-0.25, -0.2) is 23.1 Å². The largest absolute Gasteiger partial charge is 0.356 e. The first kappa shape index (κ1) is 41.4. The van der Waals surface area contributed by atoms with E-state index in [1.165, 1.54) is 19.8 Å². The van der Waals surface area contributed by atoms with Gasteiger partial charge in [0.25, 0.3) is 12.3 Å². The summed E-state index contributed by atoms with van der Waals surface area (Å²) in [6, 6.07) is 6.61. The molecule has 3 saturated heterocycles. The molecule has 9 rings (SSSR count). The Bertz CT molecular complexity index is 2650. The van der Waals surface area contributed by atoms with Crippen molar-refractivity contribution in [2.75, 3.05) is 62.6 Å². The minimum atomic E-state index is -2.86. The molecular weight excluding hydrogens is 799 g/mol. The summed E-state index contributed by atoms with van der Waals surface area (Å²) in [7, 11) is 1.68. The van der Waals surface area contributed by atoms with Crippen LogP contribution in [0.15, 0.2) is 47.7 Å². The van der Waals surface area contributed by atoms with Crippen molar-refractivity contribution in [2.24, 2.45) is 18.4 Å². The number of hydrogen-bond donors (Lipinski definition) is 2. The lowest BCUT2D eigenvalue weighted by atomic mass is 9.85. The normalized spacial score (nSPS) is 22.4. The van der Waals surface area contributed by atoms with Crippen molar-refractivity contribution in [1.82, 2.24) is 48.6 Å². The summed E-state index contributed by atoms with van der Waals surface area (Å²) in [6.45, 7) is 11.3. The molecule has 2 N–H and O–H groups in total. The number of aromatic nitrogens is 7. The van der Waals surface area contributed by atoms with E-state index >= 15 is 0 Å². The highest BCUT2D eigenvalue weighted by Gasteiger charge is 2.33. The number of alkyl halides is 2. The van der Waals surface area contributed by atoms with E-state index in [9.17, 15) is 28.0 Å². The van der Waals surface area contributed by atoms with E-state index in [-0.39, 0.29) is 47.1 Å². The number of carbonyl (C=O) groups is 3. The summed E-state index contributed by atoms with van der Waals surface area (Å²) in [5, 5.41) is 13.6. The Morgan fingerprint density at radius 2 is 1.79 bits per heavy atom. The number of aryl methyl sites for hydroxylation is 1. The first-order valence-corrected chi connectivity index (χ1v) is 21.6. The molecule has 0 spiro atoms. The molecule has 326 valence electrons. The molecule has 1 aromatic carbocycles. The first-order chi connectivity index (χ1) is 29.8. The Morgan fingerprint density at radius 3 is 2.52 bits per heavy atom. The van der Waals surface area contributed by atoms with Crippen LogP contribution in [-0.4, -0.2) is 113 Å². The number of benzene rings is 1. The van der Waals surface area contributed by atoms with Crippen molar-refractivity contribution < 1.29 is 23.2 Å². The molecule has 1 unspecified atom stereocenters. The number of piperidine rings is 1. The molecule has 7 heterocycles. The minimum Gasteiger partial charge on any atom is -0.356 e. The smallest absolute Gasteiger partial charge is 0.329 e. The van der Waals surface area contributed by atoms with Gasteiger partial charge in [0.2, 0.25) is 11.8 Å². The van der Waals surface area contributed by atoms with Gasteiger partial charge in [-0.05, 0) is 68.1 Å². The van der Waals surface area contributed by atoms with E-state index in [0.29, 0.717) is 34.7 Å². The molecule has 1 saturated carbocycles. The molecule has 4 aliphatic rings. The van der Waals surface area contributed by atoms with Crippen molar-refractivity contribution in [3.63, 3.8) is 0 Å². The van der Waals surface area contributed by atoms with Gasteiger partial charge in [-0.3, -0.25) is 38.4 Å². The van der Waals surface area contributed by atoms with Gasteiger partial charge in [-0.2, -0.15) is 10.2 Å². The summed E-state index contributed by atoms with van der Waals surface area (Å²) in [4.78, 5) is 62.9. The van der Waals surface area contributed by atoms with Crippen LogP contribution in [-0.2, 0) is 16.6 Å². The number of amides is 3. The molecule has 0 radical (unpaired) electrons. The number of halogens is 2. The zero-order chi connectivity index (χ0) is 43.3. The van der Waals surface area contributed by atoms with Gasteiger partial charge < -0.3 is 15.1 Å². The Kier molecular flexibility index (Phi) is 11.2. The number of carbonyl (C=O) groups excluding carboxylic acids is 3. The highest BCUT2D eigenvalue weighted by molar-refractivity contribution is 6.08. The summed E-state index contributed by atoms with van der Waals surface area (Å²) in [6.07, 6.45) is 6.87. The van der Waals surface area contributed by atoms with Gasteiger partial charge in [-0.15, -0.1) is 0 Å². The third kappa shape index (κ3) is 8.22. The Labute approximate surface area is 357 Å². The molecule has 0 bridgehead atoms. The van der Waals surface area contributed by atoms with Crippen LogP contribution in [0.3, 0.4) is 0 Å². The molecule has 3 aliphatic heterocycles. The van der Waals surface area contributed by atoms with Crippen LogP contribution in [0.25, 0.3) is 16.7 Å². The molecule has 1 aliphatic carbocycles. The Morgan fingerprint density at radius 1 is 1.02 bits per heavy atom. The van der Waals surface area contributed by atoms with Gasteiger partial charge in [0, 0.05) is 71.7 Å². The number of nitrogens with zero attached hydrogens (tertiary/aromatic N) is 10. The Hall–Kier alpha value is -5.93. The molecule has 5 aromatic rings. The highest BCUT2D eigenvalue weighted by atomic mass is 19.3. The number of para-hydroxylation sites is 1. The van der Waals surface area contributed by atoms with Crippen LogP contribution in [0, 0.1) is 23.2 Å². The van der Waals surface area contributed by atoms with E-state index in [4.69, 9.17) is 4.98 Å². The van der Waals surface area contributed by atoms with E-state index in [1.807, 2.05) is 24.3 Å². The van der Waals surface area contributed by atoms with Crippen molar-refractivity contribution in [3.05, 3.63) is 70.2 Å². The van der Waals surface area contributed by atoms with Gasteiger partial charge in [0.05, 0.1) is 41.1 Å². The average Bonchev–Trinajstić information content (AvgIpc) is 4.03. The van der Waals surface area contributed by atoms with Crippen molar-refractivity contribution in [2.45, 2.75) is 77.3 Å². The van der Waals surface area contributed by atoms with E-state index < -0.39 is 30.0 Å². The number of nitrogens with one attached hydrogen (secondary N) is 2. The lowest BCUT2D eigenvalue weighted by Gasteiger charge is -2.37. The molecule has 1 atom stereocenters. The number of anilines is 2. The maximum atomic E-state index is 14.3. The van der Waals surface area contributed by atoms with Crippen LogP contribution in [0.5, 0.6) is 0 Å². The third-order valence-corrected chi connectivity index (χ3v) is 13.1. The van der Waals surface area contributed by atoms with Gasteiger partial charge in [0.1, 0.15) is 17.4 Å². The van der Waals surface area contributed by atoms with Crippen LogP contribution >= 0.6 is 0 Å². The average molecular weight is 851 g/mol. The summed E-state index contributed by atoms with van der Waals surface area (Å²) >= 11 is 0. The van der Waals surface area contributed by atoms with Gasteiger partial charge >= 0.3 is 5.69 Å². The second-order valence-electron chi connectivity index (χ2n) is 18.0. The molecule has 4 fully saturated rings. The molecule has 4 aromatic heterocycles. The fourth-order valence-corrected chi connectivity index (χ4v) is 9.65. The van der Waals surface area contributed by atoms with Crippen LogP contribution in [0.4, 0.5) is 20.3 Å². The maximum Gasteiger partial charge on any atom is 0.329 e. The molecule has 3 amide bonds. The van der Waals surface area contributed by atoms with Crippen molar-refractivity contribution in [1.29, 1.82) is 0 Å². The second kappa shape index (κ2) is 16.7. The molecule has 18 heteroatoms. The first-order valence-electron chi connectivity index (χ1n) is 21.6. The van der Waals surface area contributed by atoms with Gasteiger partial charge in [-0.1, -0.05) is 31.8 Å². The number of piperazine rings is 1. The highest BCUT2D eigenvalue weighted by Crippen LogP contribution is 2.36. The van der Waals surface area contributed by atoms with Crippen LogP contribution in [0.2, 0.25) is 0 Å². The van der Waals surface area contributed by atoms with Gasteiger partial charge in [0.15, 0.2) is 11.3 Å². The lowest BCUT2D eigenvalue weighted by Crippen LogP contribution is -2.48. The Balaban J connectivity index is 0.769. The fraction of sp³-hybridized carbons (Fsp3) is 0.523. The van der Waals surface area contributed by atoms with Crippen molar-refractivity contribution in [3.8, 4) is 11.8 Å². The SMILES string of the molecule is Cn1c(=O)n(C2CCC(=O)NC2=O)c2cccc(C#CCN3CCN(CC4CCC(n5cc(NC(=O)c6cnn7ccc(N8CCC(C)(C)C8)nc67)c(C(F)F)n5)CC4)CC3)c21. The summed E-state index contributed by atoms with van der Waals surface area (Å²) in [5.74, 6) is 6.45. The fourth-order valence-electron chi connectivity index (χ4n) is 9.65. The quantitative estimate of drug-likeness (QED) is 0.161. The number of imidazole rings is 1. The number of hydrogen-bond acceptors (Lipinski definition) is 10. The predicted octanol–water partition coefficient (Wildman–Crippen LogP) is 4.38. The molecular formula is C44H52F2N12O4. The lowest BCUT2D eigenvalue weighted by molar-refractivity contribution is -0.135.